The second-order valence-corrected chi connectivity index (χ2v) is 6.27. The second kappa shape index (κ2) is 7.22. The molecule has 4 nitrogen and oxygen atoms in total. The van der Waals surface area contributed by atoms with E-state index in [-0.39, 0.29) is 24.4 Å². The van der Waals surface area contributed by atoms with Gasteiger partial charge in [-0.25, -0.2) is 0 Å². The molecule has 0 saturated heterocycles. The van der Waals surface area contributed by atoms with Gasteiger partial charge in [0.15, 0.2) is 0 Å². The van der Waals surface area contributed by atoms with E-state index in [1.54, 1.807) is 17.4 Å². The monoisotopic (exact) mass is 316 g/mol. The number of hydrogen-bond acceptors (Lipinski definition) is 3. The molecule has 0 aliphatic carbocycles. The number of rotatable bonds is 5. The zero-order valence-electron chi connectivity index (χ0n) is 13.0. The van der Waals surface area contributed by atoms with Crippen LogP contribution >= 0.6 is 11.3 Å². The third-order valence-corrected chi connectivity index (χ3v) is 4.58. The molecule has 0 aliphatic heterocycles. The maximum absolute atomic E-state index is 12.0. The fraction of sp³-hybridized carbons (Fsp3) is 0.294. The number of thiophene rings is 1. The summed E-state index contributed by atoms with van der Waals surface area (Å²) in [4.78, 5) is 25.0. The van der Waals surface area contributed by atoms with Crippen LogP contribution in [0.2, 0.25) is 0 Å². The van der Waals surface area contributed by atoms with Crippen LogP contribution in [-0.2, 0) is 4.79 Å². The smallest absolute Gasteiger partial charge is 0.251 e. The molecule has 0 radical (unpaired) electrons. The van der Waals surface area contributed by atoms with Gasteiger partial charge in [-0.2, -0.15) is 0 Å². The standard InChI is InChI=1S/C17H20N2O2S/c1-11-6-7-14(9-12(11)2)17(21)18-10-16(20)19-13(3)15-5-4-8-22-15/h4-9,13H,10H2,1-3H3,(H,18,21)(H,19,20). The molecular weight excluding hydrogens is 296 g/mol. The highest BCUT2D eigenvalue weighted by molar-refractivity contribution is 7.10. The molecule has 1 aromatic heterocycles. The van der Waals surface area contributed by atoms with Gasteiger partial charge in [0.1, 0.15) is 0 Å². The zero-order valence-corrected chi connectivity index (χ0v) is 13.8. The largest absolute Gasteiger partial charge is 0.347 e. The molecule has 116 valence electrons. The molecule has 2 amide bonds. The van der Waals surface area contributed by atoms with Crippen molar-refractivity contribution in [3.63, 3.8) is 0 Å². The Hall–Kier alpha value is -2.14. The van der Waals surface area contributed by atoms with Crippen LogP contribution < -0.4 is 10.6 Å². The molecule has 2 rings (SSSR count). The first kappa shape index (κ1) is 16.2. The van der Waals surface area contributed by atoms with Crippen LogP contribution in [0, 0.1) is 13.8 Å². The summed E-state index contributed by atoms with van der Waals surface area (Å²) in [6.45, 7) is 5.86. The fourth-order valence-corrected chi connectivity index (χ4v) is 2.78. The summed E-state index contributed by atoms with van der Waals surface area (Å²) in [5, 5.41) is 7.49. The maximum Gasteiger partial charge on any atom is 0.251 e. The number of carbonyl (C=O) groups excluding carboxylic acids is 2. The van der Waals surface area contributed by atoms with Crippen molar-refractivity contribution < 1.29 is 9.59 Å². The highest BCUT2D eigenvalue weighted by Crippen LogP contribution is 2.17. The lowest BCUT2D eigenvalue weighted by Gasteiger charge is -2.13. The lowest BCUT2D eigenvalue weighted by Crippen LogP contribution is -2.37. The predicted octanol–water partition coefficient (Wildman–Crippen LogP) is 2.97. The Kier molecular flexibility index (Phi) is 5.33. The molecule has 0 aliphatic rings. The summed E-state index contributed by atoms with van der Waals surface area (Å²) in [6.07, 6.45) is 0. The Morgan fingerprint density at radius 1 is 1.18 bits per heavy atom. The van der Waals surface area contributed by atoms with Crippen LogP contribution in [0.3, 0.4) is 0 Å². The summed E-state index contributed by atoms with van der Waals surface area (Å²) in [6, 6.07) is 9.38. The number of carbonyl (C=O) groups is 2. The minimum Gasteiger partial charge on any atom is -0.347 e. The van der Waals surface area contributed by atoms with Crippen molar-refractivity contribution in [2.24, 2.45) is 0 Å². The van der Waals surface area contributed by atoms with E-state index in [4.69, 9.17) is 0 Å². The topological polar surface area (TPSA) is 58.2 Å². The van der Waals surface area contributed by atoms with Crippen LogP contribution in [0.4, 0.5) is 0 Å². The zero-order chi connectivity index (χ0) is 16.1. The van der Waals surface area contributed by atoms with Gasteiger partial charge in [-0.1, -0.05) is 12.1 Å². The average molecular weight is 316 g/mol. The Balaban J connectivity index is 1.85. The van der Waals surface area contributed by atoms with Gasteiger partial charge < -0.3 is 10.6 Å². The normalized spacial score (nSPS) is 11.8. The molecular formula is C17H20N2O2S. The first-order chi connectivity index (χ1) is 10.5. The molecule has 22 heavy (non-hydrogen) atoms. The molecule has 0 fully saturated rings. The fourth-order valence-electron chi connectivity index (χ4n) is 2.05. The number of nitrogens with one attached hydrogen (secondary N) is 2. The van der Waals surface area contributed by atoms with E-state index in [9.17, 15) is 9.59 Å². The molecule has 1 atom stereocenters. The third kappa shape index (κ3) is 4.18. The van der Waals surface area contributed by atoms with Crippen LogP contribution in [0.5, 0.6) is 0 Å². The molecule has 1 unspecified atom stereocenters. The SMILES string of the molecule is Cc1ccc(C(=O)NCC(=O)NC(C)c2cccs2)cc1C. The second-order valence-electron chi connectivity index (χ2n) is 5.29. The number of hydrogen-bond donors (Lipinski definition) is 2. The third-order valence-electron chi connectivity index (χ3n) is 3.53. The van der Waals surface area contributed by atoms with Crippen molar-refractivity contribution >= 4 is 23.2 Å². The van der Waals surface area contributed by atoms with E-state index in [0.717, 1.165) is 16.0 Å². The van der Waals surface area contributed by atoms with Gasteiger partial charge in [0.05, 0.1) is 12.6 Å². The molecule has 2 N–H and O–H groups in total. The van der Waals surface area contributed by atoms with Crippen LogP contribution in [0.1, 0.15) is 39.3 Å². The maximum atomic E-state index is 12.0. The lowest BCUT2D eigenvalue weighted by molar-refractivity contribution is -0.120. The Morgan fingerprint density at radius 2 is 1.95 bits per heavy atom. The van der Waals surface area contributed by atoms with Crippen molar-refractivity contribution in [3.8, 4) is 0 Å². The predicted molar refractivity (Wildman–Crippen MR) is 89.1 cm³/mol. The van der Waals surface area contributed by atoms with Gasteiger partial charge in [-0.15, -0.1) is 11.3 Å². The van der Waals surface area contributed by atoms with Crippen molar-refractivity contribution in [1.82, 2.24) is 10.6 Å². The number of aryl methyl sites for hydroxylation is 2. The van der Waals surface area contributed by atoms with Crippen molar-refractivity contribution in [3.05, 3.63) is 57.3 Å². The van der Waals surface area contributed by atoms with Gasteiger partial charge in [0, 0.05) is 10.4 Å². The summed E-state index contributed by atoms with van der Waals surface area (Å²) in [7, 11) is 0. The van der Waals surface area contributed by atoms with Crippen molar-refractivity contribution in [2.45, 2.75) is 26.8 Å². The van der Waals surface area contributed by atoms with Gasteiger partial charge in [0.25, 0.3) is 5.91 Å². The lowest BCUT2D eigenvalue weighted by atomic mass is 10.1. The van der Waals surface area contributed by atoms with Crippen LogP contribution in [0.25, 0.3) is 0 Å². The van der Waals surface area contributed by atoms with Gasteiger partial charge in [-0.05, 0) is 55.5 Å². The van der Waals surface area contributed by atoms with Gasteiger partial charge >= 0.3 is 0 Å². The summed E-state index contributed by atoms with van der Waals surface area (Å²) in [5.41, 5.74) is 2.77. The van der Waals surface area contributed by atoms with Crippen molar-refractivity contribution in [2.75, 3.05) is 6.54 Å². The number of amides is 2. The van der Waals surface area contributed by atoms with E-state index in [1.807, 2.05) is 50.4 Å². The van der Waals surface area contributed by atoms with Crippen molar-refractivity contribution in [1.29, 1.82) is 0 Å². The van der Waals surface area contributed by atoms with Crippen LogP contribution in [0.15, 0.2) is 35.7 Å². The minimum atomic E-state index is -0.234. The highest BCUT2D eigenvalue weighted by Gasteiger charge is 2.12. The first-order valence-corrected chi connectivity index (χ1v) is 8.03. The Bertz CT molecular complexity index is 665. The van der Waals surface area contributed by atoms with E-state index in [1.165, 1.54) is 0 Å². The Labute approximate surface area is 134 Å². The Morgan fingerprint density at radius 3 is 2.59 bits per heavy atom. The molecule has 0 bridgehead atoms. The van der Waals surface area contributed by atoms with Crippen LogP contribution in [-0.4, -0.2) is 18.4 Å². The quantitative estimate of drug-likeness (QED) is 0.891. The van der Waals surface area contributed by atoms with E-state index in [0.29, 0.717) is 5.56 Å². The highest BCUT2D eigenvalue weighted by atomic mass is 32.1. The molecule has 1 heterocycles. The molecule has 0 saturated carbocycles. The summed E-state index contributed by atoms with van der Waals surface area (Å²) >= 11 is 1.60. The average Bonchev–Trinajstić information content (AvgIpc) is 3.02. The van der Waals surface area contributed by atoms with Gasteiger partial charge in [0.2, 0.25) is 5.91 Å². The summed E-state index contributed by atoms with van der Waals surface area (Å²) < 4.78 is 0. The van der Waals surface area contributed by atoms with E-state index >= 15 is 0 Å². The van der Waals surface area contributed by atoms with Gasteiger partial charge in [-0.3, -0.25) is 9.59 Å². The van der Waals surface area contributed by atoms with E-state index in [2.05, 4.69) is 10.6 Å². The summed E-state index contributed by atoms with van der Waals surface area (Å²) in [5.74, 6) is -0.430. The molecule has 0 spiro atoms. The van der Waals surface area contributed by atoms with E-state index < -0.39 is 0 Å². The number of benzene rings is 1. The molecule has 5 heteroatoms. The first-order valence-electron chi connectivity index (χ1n) is 7.15. The minimum absolute atomic E-state index is 0.0263. The molecule has 1 aromatic carbocycles. The molecule has 2 aromatic rings.